The van der Waals surface area contributed by atoms with Crippen molar-refractivity contribution in [2.75, 3.05) is 27.6 Å². The standard InChI is InChI=1S/C17H19N3O4S2/c1-22-9-13-18-15-14(19-17(25-4)26-15)16(21)20(13)8-10-5-6-11(23-2)7-12(10)24-3/h5-7H,8-9H2,1-4H3. The SMILES string of the molecule is COCc1nc2sc(SC)nc2c(=O)n1Cc1ccc(OC)cc1OC. The monoisotopic (exact) mass is 393 g/mol. The lowest BCUT2D eigenvalue weighted by Crippen LogP contribution is -2.26. The number of thiazole rings is 1. The minimum absolute atomic E-state index is 0.184. The van der Waals surface area contributed by atoms with Crippen LogP contribution < -0.4 is 15.0 Å². The first kappa shape index (κ1) is 18.7. The van der Waals surface area contributed by atoms with E-state index in [9.17, 15) is 4.79 Å². The molecule has 0 aliphatic rings. The highest BCUT2D eigenvalue weighted by Gasteiger charge is 2.17. The van der Waals surface area contributed by atoms with Crippen molar-refractivity contribution in [3.05, 3.63) is 39.9 Å². The van der Waals surface area contributed by atoms with Crippen LogP contribution in [0.1, 0.15) is 11.4 Å². The molecule has 0 aliphatic carbocycles. The van der Waals surface area contributed by atoms with Crippen LogP contribution in [0.15, 0.2) is 27.3 Å². The molecule has 0 spiro atoms. The summed E-state index contributed by atoms with van der Waals surface area (Å²) >= 11 is 2.91. The number of fused-ring (bicyclic) bond motifs is 1. The maximum atomic E-state index is 13.0. The fraction of sp³-hybridized carbons (Fsp3) is 0.353. The number of hydrogen-bond acceptors (Lipinski definition) is 8. The molecule has 0 fully saturated rings. The summed E-state index contributed by atoms with van der Waals surface area (Å²) in [5, 5.41) is 0. The van der Waals surface area contributed by atoms with Crippen molar-refractivity contribution in [2.24, 2.45) is 0 Å². The van der Waals surface area contributed by atoms with Crippen molar-refractivity contribution >= 4 is 33.4 Å². The van der Waals surface area contributed by atoms with Gasteiger partial charge in [0, 0.05) is 18.7 Å². The highest BCUT2D eigenvalue weighted by Crippen LogP contribution is 2.27. The number of ether oxygens (including phenoxy) is 3. The second-order valence-corrected chi connectivity index (χ2v) is 7.40. The summed E-state index contributed by atoms with van der Waals surface area (Å²) in [7, 11) is 4.76. The van der Waals surface area contributed by atoms with Gasteiger partial charge in [0.25, 0.3) is 5.56 Å². The Morgan fingerprint density at radius 1 is 1.19 bits per heavy atom. The Balaban J connectivity index is 2.13. The van der Waals surface area contributed by atoms with E-state index in [0.717, 1.165) is 9.90 Å². The lowest BCUT2D eigenvalue weighted by molar-refractivity contribution is 0.173. The number of nitrogens with zero attached hydrogens (tertiary/aromatic N) is 3. The second-order valence-electron chi connectivity index (χ2n) is 5.37. The van der Waals surface area contributed by atoms with Crippen molar-refractivity contribution in [1.29, 1.82) is 0 Å². The first-order valence-electron chi connectivity index (χ1n) is 7.75. The fourth-order valence-electron chi connectivity index (χ4n) is 2.57. The quantitative estimate of drug-likeness (QED) is 0.571. The number of thioether (sulfide) groups is 1. The minimum Gasteiger partial charge on any atom is -0.497 e. The summed E-state index contributed by atoms with van der Waals surface area (Å²) in [6, 6.07) is 5.50. The van der Waals surface area contributed by atoms with E-state index in [2.05, 4.69) is 9.97 Å². The molecule has 0 unspecified atom stereocenters. The number of benzene rings is 1. The highest BCUT2D eigenvalue weighted by atomic mass is 32.2. The lowest BCUT2D eigenvalue weighted by Gasteiger charge is -2.14. The Morgan fingerprint density at radius 3 is 2.65 bits per heavy atom. The van der Waals surface area contributed by atoms with Crippen molar-refractivity contribution in [3.63, 3.8) is 0 Å². The van der Waals surface area contributed by atoms with E-state index < -0.39 is 0 Å². The average molecular weight is 393 g/mol. The summed E-state index contributed by atoms with van der Waals surface area (Å²) in [5.74, 6) is 1.88. The van der Waals surface area contributed by atoms with Gasteiger partial charge in [-0.2, -0.15) is 0 Å². The molecule has 2 aromatic heterocycles. The third-order valence-corrected chi connectivity index (χ3v) is 5.78. The summed E-state index contributed by atoms with van der Waals surface area (Å²) in [4.78, 5) is 22.6. The van der Waals surface area contributed by atoms with E-state index in [4.69, 9.17) is 14.2 Å². The normalized spacial score (nSPS) is 11.1. The third kappa shape index (κ3) is 3.55. The smallest absolute Gasteiger partial charge is 0.281 e. The van der Waals surface area contributed by atoms with Crippen molar-refractivity contribution in [1.82, 2.24) is 14.5 Å². The second kappa shape index (κ2) is 8.07. The Bertz CT molecular complexity index is 984. The zero-order chi connectivity index (χ0) is 18.7. The maximum absolute atomic E-state index is 13.0. The molecule has 3 rings (SSSR count). The molecule has 0 bridgehead atoms. The summed E-state index contributed by atoms with van der Waals surface area (Å²) in [5.41, 5.74) is 1.04. The van der Waals surface area contributed by atoms with Crippen LogP contribution in [-0.2, 0) is 17.9 Å². The molecule has 7 nitrogen and oxygen atoms in total. The van der Waals surface area contributed by atoms with Crippen LogP contribution in [0.5, 0.6) is 11.5 Å². The van der Waals surface area contributed by atoms with Gasteiger partial charge in [0.2, 0.25) is 0 Å². The van der Waals surface area contributed by atoms with Gasteiger partial charge in [-0.3, -0.25) is 9.36 Å². The molecule has 3 aromatic rings. The van der Waals surface area contributed by atoms with Crippen LogP contribution in [0, 0.1) is 0 Å². The van der Waals surface area contributed by atoms with Crippen molar-refractivity contribution in [2.45, 2.75) is 17.5 Å². The molecule has 138 valence electrons. The fourth-order valence-corrected chi connectivity index (χ4v) is 4.01. The van der Waals surface area contributed by atoms with Gasteiger partial charge in [-0.25, -0.2) is 9.97 Å². The first-order chi connectivity index (χ1) is 12.6. The van der Waals surface area contributed by atoms with Gasteiger partial charge in [-0.1, -0.05) is 23.1 Å². The molecule has 0 N–H and O–H groups in total. The van der Waals surface area contributed by atoms with Crippen molar-refractivity contribution in [3.8, 4) is 11.5 Å². The molecule has 26 heavy (non-hydrogen) atoms. The van der Waals surface area contributed by atoms with Gasteiger partial charge in [-0.05, 0) is 18.4 Å². The number of aromatic nitrogens is 3. The molecule has 1 aromatic carbocycles. The Kier molecular flexibility index (Phi) is 5.80. The molecule has 0 amide bonds. The van der Waals surface area contributed by atoms with Crippen LogP contribution in [0.25, 0.3) is 10.3 Å². The van der Waals surface area contributed by atoms with Crippen LogP contribution in [0.2, 0.25) is 0 Å². The van der Waals surface area contributed by atoms with Crippen molar-refractivity contribution < 1.29 is 14.2 Å². The molecule has 0 aliphatic heterocycles. The van der Waals surface area contributed by atoms with Gasteiger partial charge < -0.3 is 14.2 Å². The molecule has 0 radical (unpaired) electrons. The molecular weight excluding hydrogens is 374 g/mol. The summed E-state index contributed by atoms with van der Waals surface area (Å²) < 4.78 is 18.3. The van der Waals surface area contributed by atoms with Gasteiger partial charge in [-0.15, -0.1) is 0 Å². The first-order valence-corrected chi connectivity index (χ1v) is 9.79. The molecular formula is C17H19N3O4S2. The third-order valence-electron chi connectivity index (χ3n) is 3.85. The summed E-state index contributed by atoms with van der Waals surface area (Å²) in [6.07, 6.45) is 1.93. The lowest BCUT2D eigenvalue weighted by atomic mass is 10.2. The molecule has 0 saturated carbocycles. The van der Waals surface area contributed by atoms with Gasteiger partial charge in [0.05, 0.1) is 20.8 Å². The van der Waals surface area contributed by atoms with Gasteiger partial charge in [0.15, 0.2) is 14.7 Å². The van der Waals surface area contributed by atoms with E-state index in [1.54, 1.807) is 32.0 Å². The topological polar surface area (TPSA) is 75.5 Å². The van der Waals surface area contributed by atoms with E-state index in [-0.39, 0.29) is 12.2 Å². The largest absolute Gasteiger partial charge is 0.497 e. The van der Waals surface area contributed by atoms with Crippen LogP contribution in [0.3, 0.4) is 0 Å². The summed E-state index contributed by atoms with van der Waals surface area (Å²) in [6.45, 7) is 0.538. The Hall–Kier alpha value is -2.10. The Labute approximate surface area is 158 Å². The van der Waals surface area contributed by atoms with E-state index in [0.29, 0.717) is 34.2 Å². The van der Waals surface area contributed by atoms with Crippen LogP contribution in [0.4, 0.5) is 0 Å². The molecule has 0 saturated heterocycles. The van der Waals surface area contributed by atoms with E-state index >= 15 is 0 Å². The van der Waals surface area contributed by atoms with Gasteiger partial charge >= 0.3 is 0 Å². The van der Waals surface area contributed by atoms with Crippen LogP contribution in [-0.4, -0.2) is 42.1 Å². The predicted molar refractivity (Wildman–Crippen MR) is 103 cm³/mol. The molecule has 2 heterocycles. The maximum Gasteiger partial charge on any atom is 0.281 e. The van der Waals surface area contributed by atoms with Gasteiger partial charge in [0.1, 0.15) is 23.9 Å². The van der Waals surface area contributed by atoms with Crippen LogP contribution >= 0.6 is 23.1 Å². The minimum atomic E-state index is -0.184. The van der Waals surface area contributed by atoms with E-state index in [1.807, 2.05) is 18.4 Å². The van der Waals surface area contributed by atoms with E-state index in [1.165, 1.54) is 23.1 Å². The number of hydrogen-bond donors (Lipinski definition) is 0. The highest BCUT2D eigenvalue weighted by molar-refractivity contribution is 8.00. The average Bonchev–Trinajstić information content (AvgIpc) is 3.08. The molecule has 0 atom stereocenters. The zero-order valence-electron chi connectivity index (χ0n) is 14.9. The predicted octanol–water partition coefficient (Wildman–Crippen LogP) is 2.79. The number of methoxy groups -OCH3 is 3. The molecule has 9 heteroatoms. The zero-order valence-corrected chi connectivity index (χ0v) is 16.6. The number of rotatable bonds is 7. The Morgan fingerprint density at radius 2 is 2.00 bits per heavy atom.